The summed E-state index contributed by atoms with van der Waals surface area (Å²) < 4.78 is 10.4. The average Bonchev–Trinajstić information content (AvgIpc) is 2.63. The molecule has 2 rings (SSSR count). The predicted molar refractivity (Wildman–Crippen MR) is 94.4 cm³/mol. The minimum atomic E-state index is -0.443. The summed E-state index contributed by atoms with van der Waals surface area (Å²) in [4.78, 5) is 11.6. The van der Waals surface area contributed by atoms with E-state index in [9.17, 15) is 4.79 Å². The van der Waals surface area contributed by atoms with Crippen molar-refractivity contribution in [1.82, 2.24) is 5.32 Å². The second-order valence-corrected chi connectivity index (χ2v) is 4.91. The molecule has 2 aromatic carbocycles. The molecule has 0 saturated carbocycles. The molecule has 0 atom stereocenters. The smallest absolute Gasteiger partial charge is 0.407 e. The van der Waals surface area contributed by atoms with Crippen LogP contribution in [0.15, 0.2) is 60.7 Å². The molecule has 0 aromatic heterocycles. The van der Waals surface area contributed by atoms with Gasteiger partial charge in [0.2, 0.25) is 0 Å². The highest BCUT2D eigenvalue weighted by Gasteiger charge is 2.00. The van der Waals surface area contributed by atoms with E-state index in [0.717, 1.165) is 16.9 Å². The van der Waals surface area contributed by atoms with E-state index in [1.54, 1.807) is 0 Å². The molecule has 0 spiro atoms. The molecule has 4 heteroatoms. The van der Waals surface area contributed by atoms with Crippen molar-refractivity contribution in [2.75, 3.05) is 13.2 Å². The van der Waals surface area contributed by atoms with Crippen molar-refractivity contribution in [2.45, 2.75) is 6.61 Å². The number of nitrogens with one attached hydrogen (secondary N) is 1. The molecule has 0 bridgehead atoms. The fourth-order valence-electron chi connectivity index (χ4n) is 1.91. The quantitative estimate of drug-likeness (QED) is 0.792. The van der Waals surface area contributed by atoms with Gasteiger partial charge in [0.05, 0.1) is 0 Å². The normalized spacial score (nSPS) is 10.1. The predicted octanol–water partition coefficient (Wildman–Crippen LogP) is 3.64. The first-order valence-corrected chi connectivity index (χ1v) is 7.55. The summed E-state index contributed by atoms with van der Waals surface area (Å²) in [7, 11) is 0. The minimum Gasteiger partial charge on any atom is -0.481 e. The number of carbonyl (C=O) groups is 1. The fraction of sp³-hybridized carbons (Fsp3) is 0.150. The molecule has 24 heavy (non-hydrogen) atoms. The third-order valence-electron chi connectivity index (χ3n) is 3.09. The summed E-state index contributed by atoms with van der Waals surface area (Å²) in [5, 5.41) is 2.67. The van der Waals surface area contributed by atoms with Gasteiger partial charge in [-0.25, -0.2) is 4.79 Å². The number of ether oxygens (including phenoxy) is 2. The number of hydrogen-bond acceptors (Lipinski definition) is 3. The van der Waals surface area contributed by atoms with Crippen molar-refractivity contribution in [3.8, 4) is 18.1 Å². The van der Waals surface area contributed by atoms with Crippen LogP contribution in [0.2, 0.25) is 0 Å². The van der Waals surface area contributed by atoms with Crippen molar-refractivity contribution in [3.05, 3.63) is 71.8 Å². The van der Waals surface area contributed by atoms with Gasteiger partial charge in [0.25, 0.3) is 0 Å². The Morgan fingerprint density at radius 2 is 1.88 bits per heavy atom. The molecule has 1 amide bonds. The van der Waals surface area contributed by atoms with E-state index in [4.69, 9.17) is 15.9 Å². The molecule has 2 aromatic rings. The first-order chi connectivity index (χ1) is 11.8. The highest BCUT2D eigenvalue weighted by Crippen LogP contribution is 2.12. The molecule has 0 heterocycles. The average molecular weight is 321 g/mol. The van der Waals surface area contributed by atoms with Crippen molar-refractivity contribution in [1.29, 1.82) is 0 Å². The number of terminal acetylenes is 1. The van der Waals surface area contributed by atoms with Crippen molar-refractivity contribution >= 4 is 12.2 Å². The van der Waals surface area contributed by atoms with Crippen LogP contribution in [0.5, 0.6) is 5.75 Å². The van der Waals surface area contributed by atoms with Crippen molar-refractivity contribution < 1.29 is 14.3 Å². The van der Waals surface area contributed by atoms with Crippen LogP contribution >= 0.6 is 0 Å². The van der Waals surface area contributed by atoms with Crippen molar-refractivity contribution in [2.24, 2.45) is 0 Å². The number of hydrogen-bond donors (Lipinski definition) is 1. The lowest BCUT2D eigenvalue weighted by Gasteiger charge is -2.05. The number of rotatable bonds is 7. The van der Waals surface area contributed by atoms with Gasteiger partial charge >= 0.3 is 6.09 Å². The Hall–Kier alpha value is -3.19. The standard InChI is InChI=1S/C20H19NO3/c1-2-15-23-19-12-10-17(11-13-19)9-6-14-21-20(22)24-16-18-7-4-3-5-8-18/h1,3-13H,14-16H2,(H,21,22). The lowest BCUT2D eigenvalue weighted by atomic mass is 10.2. The molecule has 4 nitrogen and oxygen atoms in total. The molecule has 0 unspecified atom stereocenters. The van der Waals surface area contributed by atoms with E-state index < -0.39 is 6.09 Å². The lowest BCUT2D eigenvalue weighted by molar-refractivity contribution is 0.141. The Morgan fingerprint density at radius 3 is 2.58 bits per heavy atom. The molecule has 0 aliphatic rings. The molecular formula is C20H19NO3. The third kappa shape index (κ3) is 6.29. The highest BCUT2D eigenvalue weighted by atomic mass is 16.5. The van der Waals surface area contributed by atoms with E-state index in [2.05, 4.69) is 11.2 Å². The van der Waals surface area contributed by atoms with Crippen LogP contribution in [0.1, 0.15) is 11.1 Å². The second kappa shape index (κ2) is 9.75. The molecular weight excluding hydrogens is 302 g/mol. The Kier molecular flexibility index (Phi) is 6.98. The SMILES string of the molecule is C#CCOc1ccc(C=CCNC(=O)OCc2ccccc2)cc1. The molecule has 0 fully saturated rings. The summed E-state index contributed by atoms with van der Waals surface area (Å²) in [5.74, 6) is 3.15. The Labute approximate surface area is 142 Å². The molecule has 1 N–H and O–H groups in total. The van der Waals surface area contributed by atoms with Gasteiger partial charge in [-0.05, 0) is 23.3 Å². The first-order valence-electron chi connectivity index (χ1n) is 7.55. The highest BCUT2D eigenvalue weighted by molar-refractivity contribution is 5.67. The van der Waals surface area contributed by atoms with Crippen molar-refractivity contribution in [3.63, 3.8) is 0 Å². The minimum absolute atomic E-state index is 0.254. The van der Waals surface area contributed by atoms with Crippen LogP contribution in [-0.4, -0.2) is 19.2 Å². The maximum absolute atomic E-state index is 11.6. The largest absolute Gasteiger partial charge is 0.481 e. The third-order valence-corrected chi connectivity index (χ3v) is 3.09. The number of amides is 1. The Balaban J connectivity index is 1.68. The number of benzene rings is 2. The lowest BCUT2D eigenvalue weighted by Crippen LogP contribution is -2.24. The monoisotopic (exact) mass is 321 g/mol. The summed E-state index contributed by atoms with van der Waals surface area (Å²) >= 11 is 0. The summed E-state index contributed by atoms with van der Waals surface area (Å²) in [6.45, 7) is 0.905. The molecule has 0 radical (unpaired) electrons. The van der Waals surface area contributed by atoms with Gasteiger partial charge in [0.1, 0.15) is 19.0 Å². The van der Waals surface area contributed by atoms with E-state index in [1.165, 1.54) is 0 Å². The summed E-state index contributed by atoms with van der Waals surface area (Å²) in [5.41, 5.74) is 1.96. The molecule has 0 aliphatic carbocycles. The maximum Gasteiger partial charge on any atom is 0.407 e. The topological polar surface area (TPSA) is 47.6 Å². The zero-order valence-electron chi connectivity index (χ0n) is 13.3. The van der Waals surface area contributed by atoms with Crippen LogP contribution in [0.3, 0.4) is 0 Å². The molecule has 122 valence electrons. The Bertz CT molecular complexity index is 700. The van der Waals surface area contributed by atoms with Gasteiger partial charge in [0, 0.05) is 6.54 Å². The Morgan fingerprint density at radius 1 is 1.12 bits per heavy atom. The second-order valence-electron chi connectivity index (χ2n) is 4.91. The van der Waals surface area contributed by atoms with Crippen LogP contribution in [0.25, 0.3) is 6.08 Å². The first kappa shape index (κ1) is 17.2. The van der Waals surface area contributed by atoms with Crippen LogP contribution in [0.4, 0.5) is 4.79 Å². The van der Waals surface area contributed by atoms with Gasteiger partial charge in [-0.1, -0.05) is 60.5 Å². The summed E-state index contributed by atoms with van der Waals surface area (Å²) in [6, 6.07) is 17.1. The van der Waals surface area contributed by atoms with Gasteiger partial charge < -0.3 is 14.8 Å². The molecule has 0 aliphatic heterocycles. The number of carbonyl (C=O) groups excluding carboxylic acids is 1. The fourth-order valence-corrected chi connectivity index (χ4v) is 1.91. The zero-order chi connectivity index (χ0) is 17.0. The maximum atomic E-state index is 11.6. The van der Waals surface area contributed by atoms with Gasteiger partial charge in [-0.2, -0.15) is 0 Å². The van der Waals surface area contributed by atoms with E-state index in [0.29, 0.717) is 6.54 Å². The van der Waals surface area contributed by atoms with E-state index in [-0.39, 0.29) is 13.2 Å². The summed E-state index contributed by atoms with van der Waals surface area (Å²) in [6.07, 6.45) is 8.45. The molecule has 0 saturated heterocycles. The van der Waals surface area contributed by atoms with Crippen LogP contribution in [0, 0.1) is 12.3 Å². The van der Waals surface area contributed by atoms with Gasteiger partial charge in [-0.15, -0.1) is 6.42 Å². The zero-order valence-corrected chi connectivity index (χ0v) is 13.3. The van der Waals surface area contributed by atoms with Crippen LogP contribution in [-0.2, 0) is 11.3 Å². The van der Waals surface area contributed by atoms with Gasteiger partial charge in [-0.3, -0.25) is 0 Å². The van der Waals surface area contributed by atoms with E-state index in [1.807, 2.05) is 66.7 Å². The van der Waals surface area contributed by atoms with Crippen LogP contribution < -0.4 is 10.1 Å². The van der Waals surface area contributed by atoms with Gasteiger partial charge in [0.15, 0.2) is 0 Å². The van der Waals surface area contributed by atoms with E-state index >= 15 is 0 Å². The number of alkyl carbamates (subject to hydrolysis) is 1.